The van der Waals surface area contributed by atoms with E-state index in [4.69, 9.17) is 15.6 Å². The second-order valence-electron chi connectivity index (χ2n) is 9.96. The highest BCUT2D eigenvalue weighted by Crippen LogP contribution is 2.65. The van der Waals surface area contributed by atoms with E-state index in [9.17, 15) is 39.9 Å². The molecule has 3 fully saturated rings. The predicted molar refractivity (Wildman–Crippen MR) is 113 cm³/mol. The van der Waals surface area contributed by atoms with E-state index < -0.39 is 47.7 Å². The first kappa shape index (κ1) is 28.0. The van der Waals surface area contributed by atoms with Crippen molar-refractivity contribution in [1.29, 1.82) is 0 Å². The number of rotatable bonds is 3. The number of nitrogens with two attached hydrogens (primary N) is 1. The molecule has 2 saturated carbocycles. The summed E-state index contributed by atoms with van der Waals surface area (Å²) in [4.78, 5) is 25.6. The number of alkyl halides is 8. The van der Waals surface area contributed by atoms with Gasteiger partial charge in [-0.15, -0.1) is 0 Å². The minimum absolute atomic E-state index is 0.0998. The van der Waals surface area contributed by atoms with E-state index >= 15 is 0 Å². The average molecular weight is 557 g/mol. The van der Waals surface area contributed by atoms with Crippen LogP contribution in [0.15, 0.2) is 18.5 Å². The van der Waals surface area contributed by atoms with Gasteiger partial charge >= 0.3 is 18.3 Å². The SMILES string of the molecule is N[C@H](c1cn2ncc(C3CC34C[C@@H](C(F)(F)F)NC4=O)cc2n1)C1CCC(F)(F)CC1.O=C(O)C(F)(F)F. The zero-order valence-electron chi connectivity index (χ0n) is 19.5. The van der Waals surface area contributed by atoms with Crippen molar-refractivity contribution < 1.29 is 49.8 Å². The molecular formula is C22H23F8N5O3. The van der Waals surface area contributed by atoms with Crippen molar-refractivity contribution in [3.05, 3.63) is 29.7 Å². The van der Waals surface area contributed by atoms with Gasteiger partial charge in [-0.1, -0.05) is 0 Å². The Kier molecular flexibility index (Phi) is 6.85. The maximum Gasteiger partial charge on any atom is 0.490 e. The molecule has 2 aliphatic carbocycles. The number of carbonyl (C=O) groups is 2. The summed E-state index contributed by atoms with van der Waals surface area (Å²) in [5, 5.41) is 13.5. The van der Waals surface area contributed by atoms with Crippen molar-refractivity contribution in [1.82, 2.24) is 19.9 Å². The van der Waals surface area contributed by atoms with Crippen LogP contribution in [0.3, 0.4) is 0 Å². The van der Waals surface area contributed by atoms with Gasteiger partial charge < -0.3 is 16.2 Å². The number of nitrogens with one attached hydrogen (secondary N) is 1. The zero-order chi connectivity index (χ0) is 28.3. The highest BCUT2D eigenvalue weighted by molar-refractivity contribution is 5.90. The smallest absolute Gasteiger partial charge is 0.475 e. The molecule has 3 aliphatic rings. The lowest BCUT2D eigenvalue weighted by atomic mass is 9.81. The molecule has 210 valence electrons. The van der Waals surface area contributed by atoms with Crippen LogP contribution in [0, 0.1) is 11.3 Å². The van der Waals surface area contributed by atoms with E-state index in [-0.39, 0.29) is 31.1 Å². The summed E-state index contributed by atoms with van der Waals surface area (Å²) in [6.45, 7) is 0. The summed E-state index contributed by atoms with van der Waals surface area (Å²) in [5.41, 5.74) is 6.92. The molecule has 0 radical (unpaired) electrons. The summed E-state index contributed by atoms with van der Waals surface area (Å²) in [7, 11) is 0. The number of hydrogen-bond acceptors (Lipinski definition) is 5. The Labute approximate surface area is 209 Å². The van der Waals surface area contributed by atoms with Crippen LogP contribution in [-0.2, 0) is 9.59 Å². The minimum Gasteiger partial charge on any atom is -0.475 e. The van der Waals surface area contributed by atoms with Crippen molar-refractivity contribution >= 4 is 17.5 Å². The van der Waals surface area contributed by atoms with Gasteiger partial charge in [0.1, 0.15) is 6.04 Å². The number of halogens is 8. The molecule has 2 aromatic heterocycles. The Morgan fingerprint density at radius 2 is 1.76 bits per heavy atom. The molecule has 5 rings (SSSR count). The van der Waals surface area contributed by atoms with E-state index in [1.54, 1.807) is 18.5 Å². The number of carboxylic acid groups (broad SMARTS) is 1. The molecule has 1 saturated heterocycles. The van der Waals surface area contributed by atoms with Gasteiger partial charge in [0, 0.05) is 18.8 Å². The molecule has 4 N–H and O–H groups in total. The Bertz CT molecular complexity index is 1220. The van der Waals surface area contributed by atoms with Crippen molar-refractivity contribution in [3.63, 3.8) is 0 Å². The Hall–Kier alpha value is -3.04. The van der Waals surface area contributed by atoms with Crippen LogP contribution in [0.4, 0.5) is 35.1 Å². The molecule has 1 spiro atoms. The number of aromatic nitrogens is 3. The third-order valence-corrected chi connectivity index (χ3v) is 7.41. The molecule has 0 aromatic carbocycles. The number of imidazole rings is 1. The van der Waals surface area contributed by atoms with Crippen molar-refractivity contribution in [2.75, 3.05) is 0 Å². The number of hydrogen-bond donors (Lipinski definition) is 3. The van der Waals surface area contributed by atoms with Gasteiger partial charge in [0.15, 0.2) is 5.65 Å². The summed E-state index contributed by atoms with van der Waals surface area (Å²) in [6.07, 6.45) is -6.03. The van der Waals surface area contributed by atoms with Gasteiger partial charge in [0.05, 0.1) is 29.5 Å². The second kappa shape index (κ2) is 9.31. The lowest BCUT2D eigenvalue weighted by molar-refractivity contribution is -0.192. The van der Waals surface area contributed by atoms with Crippen LogP contribution >= 0.6 is 0 Å². The van der Waals surface area contributed by atoms with Gasteiger partial charge in [0.2, 0.25) is 11.8 Å². The van der Waals surface area contributed by atoms with Crippen molar-refractivity contribution in [3.8, 4) is 0 Å². The van der Waals surface area contributed by atoms with Crippen LogP contribution in [0.25, 0.3) is 5.65 Å². The van der Waals surface area contributed by atoms with Crippen LogP contribution < -0.4 is 11.1 Å². The molecule has 2 aromatic rings. The number of carboxylic acids is 1. The Morgan fingerprint density at radius 1 is 1.16 bits per heavy atom. The number of amides is 1. The molecule has 2 unspecified atom stereocenters. The van der Waals surface area contributed by atoms with Gasteiger partial charge in [-0.2, -0.15) is 31.4 Å². The Morgan fingerprint density at radius 3 is 2.29 bits per heavy atom. The molecule has 8 nitrogen and oxygen atoms in total. The van der Waals surface area contributed by atoms with E-state index in [2.05, 4.69) is 15.4 Å². The average Bonchev–Trinajstić information content (AvgIpc) is 3.20. The van der Waals surface area contributed by atoms with Crippen LogP contribution in [0.5, 0.6) is 0 Å². The van der Waals surface area contributed by atoms with E-state index in [1.807, 2.05) is 0 Å². The lowest BCUT2D eigenvalue weighted by Crippen LogP contribution is -2.38. The summed E-state index contributed by atoms with van der Waals surface area (Å²) in [5.74, 6) is -6.40. The zero-order valence-corrected chi connectivity index (χ0v) is 19.5. The fourth-order valence-corrected chi connectivity index (χ4v) is 5.15. The first-order valence-corrected chi connectivity index (χ1v) is 11.6. The standard InChI is InChI=1S/C20H22F5N5O.C2HF3O2/c21-19(22)3-1-10(2-4-19)16(26)13-9-30-15(28-13)5-11(8-27-30)12-6-18(12)7-14(20(23,24)25)29-17(18)31;3-2(4,5)1(6)7/h5,8-10,12,14,16H,1-4,6-7,26H2,(H,29,31);(H,6,7)/t12?,14-,16-,18?;/m0./s1. The quantitative estimate of drug-likeness (QED) is 0.489. The Balaban J connectivity index is 0.000000426. The van der Waals surface area contributed by atoms with E-state index in [1.165, 1.54) is 4.52 Å². The lowest BCUT2D eigenvalue weighted by Gasteiger charge is -2.31. The maximum absolute atomic E-state index is 13.4. The van der Waals surface area contributed by atoms with Gasteiger partial charge in [-0.3, -0.25) is 4.79 Å². The molecule has 16 heteroatoms. The largest absolute Gasteiger partial charge is 0.490 e. The number of fused-ring (bicyclic) bond motifs is 1. The van der Waals surface area contributed by atoms with Gasteiger partial charge in [-0.05, 0) is 43.2 Å². The molecule has 4 atom stereocenters. The molecule has 1 aliphatic heterocycles. The number of aliphatic carboxylic acids is 1. The fraction of sp³-hybridized carbons (Fsp3) is 0.636. The van der Waals surface area contributed by atoms with E-state index in [0.717, 1.165) is 0 Å². The summed E-state index contributed by atoms with van der Waals surface area (Å²) < 4.78 is 99.2. The predicted octanol–water partition coefficient (Wildman–Crippen LogP) is 4.11. The third kappa shape index (κ3) is 5.54. The van der Waals surface area contributed by atoms with Crippen LogP contribution in [-0.4, -0.2) is 55.9 Å². The maximum atomic E-state index is 13.4. The molecule has 38 heavy (non-hydrogen) atoms. The van der Waals surface area contributed by atoms with E-state index in [0.29, 0.717) is 36.2 Å². The van der Waals surface area contributed by atoms with Crippen LogP contribution in [0.2, 0.25) is 0 Å². The molecule has 3 heterocycles. The van der Waals surface area contributed by atoms with Crippen LogP contribution in [0.1, 0.15) is 61.7 Å². The molecule has 0 bridgehead atoms. The van der Waals surface area contributed by atoms with Crippen molar-refractivity contribution in [2.45, 2.75) is 74.8 Å². The minimum atomic E-state index is -5.08. The normalized spacial score (nSPS) is 28.1. The molecule has 1 amide bonds. The highest BCUT2D eigenvalue weighted by Gasteiger charge is 2.68. The highest BCUT2D eigenvalue weighted by atomic mass is 19.4. The number of carbonyl (C=O) groups excluding carboxylic acids is 1. The molecular weight excluding hydrogens is 534 g/mol. The summed E-state index contributed by atoms with van der Waals surface area (Å²) in [6, 6.07) is -0.603. The second-order valence-corrected chi connectivity index (χ2v) is 9.96. The first-order valence-electron chi connectivity index (χ1n) is 11.6. The fourth-order valence-electron chi connectivity index (χ4n) is 5.15. The van der Waals surface area contributed by atoms with Crippen molar-refractivity contribution in [2.24, 2.45) is 17.1 Å². The van der Waals surface area contributed by atoms with Gasteiger partial charge in [0.25, 0.3) is 0 Å². The van der Waals surface area contributed by atoms with Gasteiger partial charge in [-0.25, -0.2) is 23.1 Å². The topological polar surface area (TPSA) is 123 Å². The first-order chi connectivity index (χ1) is 17.4. The number of nitrogens with zero attached hydrogens (tertiary/aromatic N) is 3. The summed E-state index contributed by atoms with van der Waals surface area (Å²) >= 11 is 0. The monoisotopic (exact) mass is 557 g/mol. The third-order valence-electron chi connectivity index (χ3n) is 7.41.